The van der Waals surface area contributed by atoms with Crippen LogP contribution >= 0.6 is 0 Å². The number of carbonyl (C=O) groups excluding carboxylic acids is 2. The zero-order chi connectivity index (χ0) is 30.8. The minimum absolute atomic E-state index is 0.109. The molecule has 10 nitrogen and oxygen atoms in total. The van der Waals surface area contributed by atoms with E-state index in [0.717, 1.165) is 17.5 Å². The fourth-order valence-corrected chi connectivity index (χ4v) is 4.37. The Bertz CT molecular complexity index is 1750. The van der Waals surface area contributed by atoms with Gasteiger partial charge in [-0.25, -0.2) is 23.6 Å². The monoisotopic (exact) mass is 586 g/mol. The Morgan fingerprint density at radius 2 is 1.19 bits per heavy atom. The van der Waals surface area contributed by atoms with E-state index in [1.165, 1.54) is 30.4 Å². The zero-order valence-electron chi connectivity index (χ0n) is 22.7. The fourth-order valence-electron chi connectivity index (χ4n) is 4.37. The SMILES string of the molecule is O=C(O)C=CCCNC(=O)Oc1ccc2ccccc2c1-c1c(OC(=O)NCCC=CC(=O)O)ccc2cc(F)ccc12. The van der Waals surface area contributed by atoms with Gasteiger partial charge in [-0.2, -0.15) is 0 Å². The van der Waals surface area contributed by atoms with Gasteiger partial charge in [0.2, 0.25) is 0 Å². The lowest BCUT2D eigenvalue weighted by molar-refractivity contribution is -0.132. The van der Waals surface area contributed by atoms with Crippen LogP contribution < -0.4 is 20.1 Å². The molecule has 0 aliphatic rings. The Kier molecular flexibility index (Phi) is 10.0. The second kappa shape index (κ2) is 14.3. The summed E-state index contributed by atoms with van der Waals surface area (Å²) in [7, 11) is 0. The summed E-state index contributed by atoms with van der Waals surface area (Å²) in [5, 5.41) is 25.1. The summed E-state index contributed by atoms with van der Waals surface area (Å²) in [6.45, 7) is 0.233. The van der Waals surface area contributed by atoms with Crippen LogP contribution in [0.2, 0.25) is 0 Å². The maximum Gasteiger partial charge on any atom is 0.412 e. The van der Waals surface area contributed by atoms with Crippen LogP contribution in [0.15, 0.2) is 91.0 Å². The third-order valence-electron chi connectivity index (χ3n) is 6.17. The highest BCUT2D eigenvalue weighted by Gasteiger charge is 2.22. The van der Waals surface area contributed by atoms with Crippen molar-refractivity contribution in [3.8, 4) is 22.6 Å². The number of hydrogen-bond donors (Lipinski definition) is 4. The molecule has 0 heterocycles. The summed E-state index contributed by atoms with van der Waals surface area (Å²) in [6, 6.07) is 17.9. The van der Waals surface area contributed by atoms with Crippen LogP contribution in [0.1, 0.15) is 12.8 Å². The van der Waals surface area contributed by atoms with Crippen molar-refractivity contribution in [1.82, 2.24) is 10.6 Å². The minimum Gasteiger partial charge on any atom is -0.478 e. The second-order valence-electron chi connectivity index (χ2n) is 9.16. The molecule has 0 aliphatic carbocycles. The quantitative estimate of drug-likeness (QED) is 0.123. The van der Waals surface area contributed by atoms with Crippen molar-refractivity contribution in [2.75, 3.05) is 13.1 Å². The summed E-state index contributed by atoms with van der Waals surface area (Å²) in [4.78, 5) is 46.8. The number of ether oxygens (including phenoxy) is 2. The summed E-state index contributed by atoms with van der Waals surface area (Å²) in [6.07, 6.45) is 3.67. The Balaban J connectivity index is 1.74. The van der Waals surface area contributed by atoms with Gasteiger partial charge in [0.1, 0.15) is 17.3 Å². The van der Waals surface area contributed by atoms with Crippen LogP contribution in [0.25, 0.3) is 32.7 Å². The van der Waals surface area contributed by atoms with Crippen LogP contribution in [-0.2, 0) is 9.59 Å². The van der Waals surface area contributed by atoms with Crippen LogP contribution in [0, 0.1) is 5.82 Å². The third kappa shape index (κ3) is 8.17. The van der Waals surface area contributed by atoms with Gasteiger partial charge >= 0.3 is 24.1 Å². The molecule has 2 amide bonds. The number of aliphatic carboxylic acids is 2. The summed E-state index contributed by atoms with van der Waals surface area (Å²) in [5.41, 5.74) is 0.797. The number of halogens is 1. The molecule has 0 fully saturated rings. The summed E-state index contributed by atoms with van der Waals surface area (Å²) < 4.78 is 25.6. The van der Waals surface area contributed by atoms with Crippen molar-refractivity contribution >= 4 is 45.7 Å². The average Bonchev–Trinajstić information content (AvgIpc) is 2.96. The smallest absolute Gasteiger partial charge is 0.412 e. The van der Waals surface area contributed by atoms with Gasteiger partial charge in [0.25, 0.3) is 0 Å². The lowest BCUT2D eigenvalue weighted by Gasteiger charge is -2.19. The molecule has 11 heteroatoms. The molecule has 0 saturated heterocycles. The Hall–Kier alpha value is -5.71. The molecule has 0 unspecified atom stereocenters. The Morgan fingerprint density at radius 3 is 1.74 bits per heavy atom. The number of hydrogen-bond acceptors (Lipinski definition) is 6. The predicted octanol–water partition coefficient (Wildman–Crippen LogP) is 6.04. The van der Waals surface area contributed by atoms with E-state index in [1.54, 1.807) is 30.3 Å². The van der Waals surface area contributed by atoms with E-state index in [4.69, 9.17) is 19.7 Å². The lowest BCUT2D eigenvalue weighted by Crippen LogP contribution is -2.28. The molecule has 220 valence electrons. The van der Waals surface area contributed by atoms with Crippen molar-refractivity contribution in [2.24, 2.45) is 0 Å². The Morgan fingerprint density at radius 1 is 0.674 bits per heavy atom. The van der Waals surface area contributed by atoms with Gasteiger partial charge in [-0.05, 0) is 58.7 Å². The van der Waals surface area contributed by atoms with E-state index in [9.17, 15) is 23.6 Å². The molecule has 0 saturated carbocycles. The maximum atomic E-state index is 14.2. The van der Waals surface area contributed by atoms with E-state index < -0.39 is 29.9 Å². The zero-order valence-corrected chi connectivity index (χ0v) is 22.7. The molecule has 0 radical (unpaired) electrons. The normalized spacial score (nSPS) is 11.2. The number of rotatable bonds is 11. The lowest BCUT2D eigenvalue weighted by atomic mass is 9.92. The van der Waals surface area contributed by atoms with Gasteiger partial charge < -0.3 is 30.3 Å². The number of carbonyl (C=O) groups is 4. The first-order valence-electron chi connectivity index (χ1n) is 13.2. The molecule has 4 N–H and O–H groups in total. The van der Waals surface area contributed by atoms with Crippen molar-refractivity contribution in [1.29, 1.82) is 0 Å². The van der Waals surface area contributed by atoms with E-state index in [0.29, 0.717) is 27.3 Å². The van der Waals surface area contributed by atoms with E-state index in [1.807, 2.05) is 18.2 Å². The van der Waals surface area contributed by atoms with Crippen molar-refractivity contribution in [3.05, 3.63) is 96.9 Å². The number of carboxylic acid groups (broad SMARTS) is 2. The molecule has 0 spiro atoms. The molecule has 0 aromatic heterocycles. The number of fused-ring (bicyclic) bond motifs is 2. The standard InChI is InChI=1S/C32H27FN2O8/c33-22-13-14-24-21(19-22)12-16-26(43-32(41)35-18-6-4-10-28(38)39)30(24)29-23-8-2-1-7-20(23)11-15-25(29)42-31(40)34-17-5-3-9-27(36)37/h1-4,7-16,19H,5-6,17-18H2,(H,34,40)(H,35,41)(H,36,37)(H,38,39). The topological polar surface area (TPSA) is 151 Å². The number of nitrogens with one attached hydrogen (secondary N) is 2. The summed E-state index contributed by atoms with van der Waals surface area (Å²) in [5.74, 6) is -2.42. The molecule has 4 aromatic carbocycles. The van der Waals surface area contributed by atoms with Crippen LogP contribution in [0.5, 0.6) is 11.5 Å². The van der Waals surface area contributed by atoms with Crippen molar-refractivity contribution in [2.45, 2.75) is 12.8 Å². The molecule has 4 rings (SSSR count). The molecular formula is C32H27FN2O8. The second-order valence-corrected chi connectivity index (χ2v) is 9.16. The molecular weight excluding hydrogens is 559 g/mol. The minimum atomic E-state index is -1.10. The molecule has 0 bridgehead atoms. The molecule has 0 atom stereocenters. The van der Waals surface area contributed by atoms with Crippen molar-refractivity contribution < 1.29 is 43.3 Å². The highest BCUT2D eigenvalue weighted by Crippen LogP contribution is 2.45. The van der Waals surface area contributed by atoms with Gasteiger partial charge in [0, 0.05) is 36.4 Å². The van der Waals surface area contributed by atoms with E-state index in [2.05, 4.69) is 10.6 Å². The first-order valence-corrected chi connectivity index (χ1v) is 13.2. The third-order valence-corrected chi connectivity index (χ3v) is 6.17. The van der Waals surface area contributed by atoms with E-state index >= 15 is 0 Å². The van der Waals surface area contributed by atoms with Crippen LogP contribution in [0.4, 0.5) is 14.0 Å². The largest absolute Gasteiger partial charge is 0.478 e. The first kappa shape index (κ1) is 30.3. The van der Waals surface area contributed by atoms with Gasteiger partial charge in [0.15, 0.2) is 0 Å². The summed E-state index contributed by atoms with van der Waals surface area (Å²) >= 11 is 0. The van der Waals surface area contributed by atoms with Gasteiger partial charge in [-0.3, -0.25) is 0 Å². The number of carboxylic acids is 2. The molecule has 4 aromatic rings. The highest BCUT2D eigenvalue weighted by atomic mass is 19.1. The molecule has 0 aliphatic heterocycles. The van der Waals surface area contributed by atoms with E-state index in [-0.39, 0.29) is 37.4 Å². The number of amides is 2. The van der Waals surface area contributed by atoms with Crippen molar-refractivity contribution in [3.63, 3.8) is 0 Å². The fraction of sp³-hybridized carbons (Fsp3) is 0.125. The van der Waals surface area contributed by atoms with Crippen LogP contribution in [-0.4, -0.2) is 47.4 Å². The predicted molar refractivity (Wildman–Crippen MR) is 158 cm³/mol. The Labute approximate surface area is 245 Å². The first-order chi connectivity index (χ1) is 20.7. The highest BCUT2D eigenvalue weighted by molar-refractivity contribution is 6.10. The maximum absolute atomic E-state index is 14.2. The van der Waals surface area contributed by atoms with Gasteiger partial charge in [-0.1, -0.05) is 54.6 Å². The van der Waals surface area contributed by atoms with Crippen LogP contribution in [0.3, 0.4) is 0 Å². The molecule has 43 heavy (non-hydrogen) atoms. The average molecular weight is 587 g/mol. The van der Waals surface area contributed by atoms with Gasteiger partial charge in [-0.15, -0.1) is 0 Å². The van der Waals surface area contributed by atoms with Gasteiger partial charge in [0.05, 0.1) is 0 Å². The number of benzene rings is 4.